The minimum absolute atomic E-state index is 0.0149. The zero-order chi connectivity index (χ0) is 27.6. The molecule has 0 aromatic heterocycles. The van der Waals surface area contributed by atoms with Gasteiger partial charge in [0, 0.05) is 12.6 Å². The van der Waals surface area contributed by atoms with Gasteiger partial charge in [-0.2, -0.15) is 0 Å². The molecule has 204 valence electrons. The van der Waals surface area contributed by atoms with Gasteiger partial charge in [-0.3, -0.25) is 9.59 Å². The molecule has 3 amide bonds. The lowest BCUT2D eigenvalue weighted by Gasteiger charge is -2.37. The minimum Gasteiger partial charge on any atom is -0.444 e. The molecule has 1 rings (SSSR count). The number of hydrogen-bond donors (Lipinski definition) is 2. The van der Waals surface area contributed by atoms with E-state index in [1.807, 2.05) is 59.7 Å². The first-order chi connectivity index (χ1) is 16.8. The van der Waals surface area contributed by atoms with Crippen LogP contribution in [0.1, 0.15) is 104 Å². The van der Waals surface area contributed by atoms with Crippen molar-refractivity contribution in [3.8, 4) is 0 Å². The minimum atomic E-state index is -0.815. The molecule has 1 aromatic carbocycles. The first kappa shape index (κ1) is 31.5. The number of amides is 3. The van der Waals surface area contributed by atoms with Crippen LogP contribution in [0.3, 0.4) is 0 Å². The molecular weight excluding hydrogens is 454 g/mol. The van der Waals surface area contributed by atoms with E-state index < -0.39 is 23.8 Å². The number of nitrogens with zero attached hydrogens (tertiary/aromatic N) is 1. The van der Waals surface area contributed by atoms with Gasteiger partial charge in [-0.05, 0) is 77.0 Å². The van der Waals surface area contributed by atoms with Crippen LogP contribution in [-0.4, -0.2) is 47.0 Å². The maximum atomic E-state index is 14.1. The molecule has 0 saturated heterocycles. The Morgan fingerprint density at radius 2 is 1.64 bits per heavy atom. The van der Waals surface area contributed by atoms with Crippen molar-refractivity contribution in [1.82, 2.24) is 15.5 Å². The summed E-state index contributed by atoms with van der Waals surface area (Å²) in [5.74, 6) is -0.626. The molecular formula is C29H49N3O4. The Hall–Kier alpha value is -2.57. The quantitative estimate of drug-likeness (QED) is 0.376. The fourth-order valence-electron chi connectivity index (χ4n) is 4.25. The van der Waals surface area contributed by atoms with Crippen molar-refractivity contribution >= 4 is 17.9 Å². The average Bonchev–Trinajstić information content (AvgIpc) is 2.77. The second kappa shape index (κ2) is 14.2. The molecule has 0 radical (unpaired) electrons. The van der Waals surface area contributed by atoms with Gasteiger partial charge >= 0.3 is 6.09 Å². The van der Waals surface area contributed by atoms with Crippen LogP contribution < -0.4 is 10.6 Å². The number of rotatable bonds is 12. The average molecular weight is 504 g/mol. The van der Waals surface area contributed by atoms with Crippen LogP contribution in [0.25, 0.3) is 0 Å². The number of alkyl carbamates (subject to hydrolysis) is 1. The van der Waals surface area contributed by atoms with E-state index in [-0.39, 0.29) is 23.8 Å². The lowest BCUT2D eigenvalue weighted by molar-refractivity contribution is -0.143. The van der Waals surface area contributed by atoms with Crippen molar-refractivity contribution in [2.75, 3.05) is 6.54 Å². The molecule has 0 aliphatic carbocycles. The van der Waals surface area contributed by atoms with Crippen LogP contribution >= 0.6 is 0 Å². The predicted molar refractivity (Wildman–Crippen MR) is 146 cm³/mol. The summed E-state index contributed by atoms with van der Waals surface area (Å²) in [5.41, 5.74) is 2.15. The second-order valence-corrected chi connectivity index (χ2v) is 10.9. The number of carbonyl (C=O) groups excluding carboxylic acids is 3. The molecule has 4 atom stereocenters. The summed E-state index contributed by atoms with van der Waals surface area (Å²) in [7, 11) is 0. The van der Waals surface area contributed by atoms with Crippen molar-refractivity contribution in [1.29, 1.82) is 0 Å². The van der Waals surface area contributed by atoms with Crippen LogP contribution in [0.4, 0.5) is 4.79 Å². The topological polar surface area (TPSA) is 87.7 Å². The monoisotopic (exact) mass is 503 g/mol. The van der Waals surface area contributed by atoms with Crippen molar-refractivity contribution in [2.45, 2.75) is 119 Å². The number of aryl methyl sites for hydroxylation is 1. The Bertz CT molecular complexity index is 878. The van der Waals surface area contributed by atoms with Gasteiger partial charge in [0.15, 0.2) is 0 Å². The Morgan fingerprint density at radius 3 is 2.17 bits per heavy atom. The van der Waals surface area contributed by atoms with E-state index in [2.05, 4.69) is 17.6 Å². The normalized spacial score (nSPS) is 14.8. The zero-order valence-electron chi connectivity index (χ0n) is 24.2. The smallest absolute Gasteiger partial charge is 0.408 e. The van der Waals surface area contributed by atoms with Crippen molar-refractivity contribution in [3.05, 3.63) is 34.9 Å². The standard InChI is InChI=1S/C29H49N3O4/c1-11-15-21(6)30-26(33)25(23-17-14-16-20(5)22(23)7)32(18-12-2)27(34)24(19(4)13-3)31-28(35)36-29(8,9)10/h14,16-17,19,21,24-25H,11-13,15,18H2,1-10H3,(H,30,33)(H,31,35). The van der Waals surface area contributed by atoms with Gasteiger partial charge in [-0.25, -0.2) is 4.79 Å². The van der Waals surface area contributed by atoms with Crippen molar-refractivity contribution in [3.63, 3.8) is 0 Å². The predicted octanol–water partition coefficient (Wildman–Crippen LogP) is 5.83. The molecule has 0 heterocycles. The second-order valence-electron chi connectivity index (χ2n) is 10.9. The molecule has 7 heteroatoms. The first-order valence-electron chi connectivity index (χ1n) is 13.4. The van der Waals surface area contributed by atoms with Gasteiger partial charge in [0.2, 0.25) is 11.8 Å². The largest absolute Gasteiger partial charge is 0.444 e. The first-order valence-corrected chi connectivity index (χ1v) is 13.4. The highest BCUT2D eigenvalue weighted by atomic mass is 16.6. The van der Waals surface area contributed by atoms with Gasteiger partial charge in [0.05, 0.1) is 0 Å². The summed E-state index contributed by atoms with van der Waals surface area (Å²) >= 11 is 0. The van der Waals surface area contributed by atoms with Crippen LogP contribution in [0.15, 0.2) is 18.2 Å². The lowest BCUT2D eigenvalue weighted by Crippen LogP contribution is -2.55. The van der Waals surface area contributed by atoms with E-state index in [1.165, 1.54) is 0 Å². The highest BCUT2D eigenvalue weighted by Crippen LogP contribution is 2.29. The molecule has 0 saturated carbocycles. The van der Waals surface area contributed by atoms with E-state index in [1.54, 1.807) is 25.7 Å². The van der Waals surface area contributed by atoms with Gasteiger partial charge in [0.1, 0.15) is 17.7 Å². The van der Waals surface area contributed by atoms with E-state index >= 15 is 0 Å². The molecule has 1 aromatic rings. The van der Waals surface area contributed by atoms with E-state index in [4.69, 9.17) is 4.74 Å². The molecule has 7 nitrogen and oxygen atoms in total. The third kappa shape index (κ3) is 9.14. The Balaban J connectivity index is 3.54. The molecule has 0 aliphatic heterocycles. The lowest BCUT2D eigenvalue weighted by atomic mass is 9.92. The third-order valence-corrected chi connectivity index (χ3v) is 6.51. The summed E-state index contributed by atoms with van der Waals surface area (Å²) in [6.07, 6.45) is 2.51. The molecule has 2 N–H and O–H groups in total. The zero-order valence-corrected chi connectivity index (χ0v) is 24.2. The van der Waals surface area contributed by atoms with Gasteiger partial charge in [0.25, 0.3) is 0 Å². The number of benzene rings is 1. The molecule has 0 aliphatic rings. The van der Waals surface area contributed by atoms with Gasteiger partial charge < -0.3 is 20.3 Å². The van der Waals surface area contributed by atoms with Crippen molar-refractivity contribution in [2.24, 2.45) is 5.92 Å². The maximum absolute atomic E-state index is 14.1. The summed E-state index contributed by atoms with van der Waals surface area (Å²) in [5, 5.41) is 5.94. The highest BCUT2D eigenvalue weighted by molar-refractivity contribution is 5.92. The molecule has 0 fully saturated rings. The SMILES string of the molecule is CCCC(C)NC(=O)C(c1cccc(C)c1C)N(CCC)C(=O)C(NC(=O)OC(C)(C)C)C(C)CC. The number of nitrogens with one attached hydrogen (secondary N) is 2. The van der Waals surface area contributed by atoms with Crippen LogP contribution in [0.5, 0.6) is 0 Å². The molecule has 0 bridgehead atoms. The summed E-state index contributed by atoms with van der Waals surface area (Å²) < 4.78 is 5.46. The molecule has 36 heavy (non-hydrogen) atoms. The van der Waals surface area contributed by atoms with E-state index in [0.29, 0.717) is 19.4 Å². The van der Waals surface area contributed by atoms with Crippen LogP contribution in [0, 0.1) is 19.8 Å². The third-order valence-electron chi connectivity index (χ3n) is 6.51. The van der Waals surface area contributed by atoms with E-state index in [0.717, 1.165) is 29.5 Å². The van der Waals surface area contributed by atoms with Crippen LogP contribution in [-0.2, 0) is 14.3 Å². The van der Waals surface area contributed by atoms with Gasteiger partial charge in [-0.15, -0.1) is 0 Å². The fourth-order valence-corrected chi connectivity index (χ4v) is 4.25. The van der Waals surface area contributed by atoms with Crippen molar-refractivity contribution < 1.29 is 19.1 Å². The summed E-state index contributed by atoms with van der Waals surface area (Å²) in [6.45, 7) is 19.7. The summed E-state index contributed by atoms with van der Waals surface area (Å²) in [4.78, 5) is 42.2. The molecule has 0 spiro atoms. The van der Waals surface area contributed by atoms with E-state index in [9.17, 15) is 14.4 Å². The molecule has 4 unspecified atom stereocenters. The number of carbonyl (C=O) groups is 3. The summed E-state index contributed by atoms with van der Waals surface area (Å²) in [6, 6.07) is 4.22. The Morgan fingerprint density at radius 1 is 1.00 bits per heavy atom. The maximum Gasteiger partial charge on any atom is 0.408 e. The number of hydrogen-bond acceptors (Lipinski definition) is 4. The van der Waals surface area contributed by atoms with Gasteiger partial charge in [-0.1, -0.05) is 58.7 Å². The Kier molecular flexibility index (Phi) is 12.4. The highest BCUT2D eigenvalue weighted by Gasteiger charge is 2.38. The Labute approximate surface area is 218 Å². The number of ether oxygens (including phenoxy) is 1. The van der Waals surface area contributed by atoms with Crippen LogP contribution in [0.2, 0.25) is 0 Å². The fraction of sp³-hybridized carbons (Fsp3) is 0.690.